The van der Waals surface area contributed by atoms with Crippen molar-refractivity contribution in [2.45, 2.75) is 13.0 Å². The third-order valence-corrected chi connectivity index (χ3v) is 3.10. The molecule has 0 amide bonds. The summed E-state index contributed by atoms with van der Waals surface area (Å²) in [4.78, 5) is 2.31. The zero-order valence-corrected chi connectivity index (χ0v) is 9.82. The highest BCUT2D eigenvalue weighted by atomic mass is 16.3. The number of nitrogens with zero attached hydrogens (tertiary/aromatic N) is 1. The number of nitrogens with one attached hydrogen (secondary N) is 1. The summed E-state index contributed by atoms with van der Waals surface area (Å²) < 4.78 is 0. The molecular weight excluding hydrogens is 200 g/mol. The van der Waals surface area contributed by atoms with Crippen LogP contribution in [0.25, 0.3) is 0 Å². The number of aryl methyl sites for hydroxylation is 1. The van der Waals surface area contributed by atoms with Crippen LogP contribution < -0.4 is 5.32 Å². The minimum atomic E-state index is -0.362. The molecule has 1 fully saturated rings. The quantitative estimate of drug-likeness (QED) is 0.795. The van der Waals surface area contributed by atoms with Crippen LogP contribution in [-0.4, -0.2) is 42.7 Å². The monoisotopic (exact) mass is 220 g/mol. The van der Waals surface area contributed by atoms with Crippen LogP contribution in [0, 0.1) is 6.92 Å². The van der Waals surface area contributed by atoms with E-state index in [2.05, 4.69) is 29.3 Å². The normalized spacial score (nSPS) is 19.6. The summed E-state index contributed by atoms with van der Waals surface area (Å²) in [6.07, 6.45) is -0.362. The Balaban J connectivity index is 1.91. The van der Waals surface area contributed by atoms with Gasteiger partial charge in [-0.2, -0.15) is 0 Å². The van der Waals surface area contributed by atoms with E-state index in [4.69, 9.17) is 0 Å². The average Bonchev–Trinajstić information content (AvgIpc) is 2.31. The number of benzene rings is 1. The van der Waals surface area contributed by atoms with Crippen molar-refractivity contribution < 1.29 is 5.11 Å². The summed E-state index contributed by atoms with van der Waals surface area (Å²) in [7, 11) is 0. The molecule has 0 bridgehead atoms. The molecule has 1 atom stereocenters. The highest BCUT2D eigenvalue weighted by Crippen LogP contribution is 2.15. The van der Waals surface area contributed by atoms with E-state index >= 15 is 0 Å². The van der Waals surface area contributed by atoms with Gasteiger partial charge in [-0.15, -0.1) is 0 Å². The third-order valence-electron chi connectivity index (χ3n) is 3.10. The molecule has 1 heterocycles. The molecule has 0 saturated carbocycles. The number of piperazine rings is 1. The van der Waals surface area contributed by atoms with Gasteiger partial charge in [0.2, 0.25) is 0 Å². The van der Waals surface area contributed by atoms with Gasteiger partial charge in [-0.25, -0.2) is 0 Å². The van der Waals surface area contributed by atoms with Crippen molar-refractivity contribution in [1.82, 2.24) is 10.2 Å². The van der Waals surface area contributed by atoms with Crippen LogP contribution in [-0.2, 0) is 0 Å². The largest absolute Gasteiger partial charge is 0.387 e. The fraction of sp³-hybridized carbons (Fsp3) is 0.538. The molecule has 16 heavy (non-hydrogen) atoms. The molecule has 1 aromatic rings. The highest BCUT2D eigenvalue weighted by molar-refractivity contribution is 5.23. The van der Waals surface area contributed by atoms with Crippen molar-refractivity contribution in [3.63, 3.8) is 0 Å². The van der Waals surface area contributed by atoms with Crippen LogP contribution in [0.2, 0.25) is 0 Å². The van der Waals surface area contributed by atoms with E-state index in [-0.39, 0.29) is 6.10 Å². The Morgan fingerprint density at radius 1 is 1.25 bits per heavy atom. The Bertz CT molecular complexity index is 317. The molecule has 0 aliphatic carbocycles. The van der Waals surface area contributed by atoms with Crippen molar-refractivity contribution >= 4 is 0 Å². The lowest BCUT2D eigenvalue weighted by Crippen LogP contribution is -2.44. The number of hydrogen-bond donors (Lipinski definition) is 2. The van der Waals surface area contributed by atoms with Gasteiger partial charge >= 0.3 is 0 Å². The second-order valence-corrected chi connectivity index (χ2v) is 4.48. The molecule has 0 spiro atoms. The molecule has 1 saturated heterocycles. The number of rotatable bonds is 3. The zero-order valence-electron chi connectivity index (χ0n) is 9.82. The topological polar surface area (TPSA) is 35.5 Å². The summed E-state index contributed by atoms with van der Waals surface area (Å²) in [5, 5.41) is 13.4. The van der Waals surface area contributed by atoms with Gasteiger partial charge in [0.05, 0.1) is 6.10 Å². The van der Waals surface area contributed by atoms with E-state index in [0.29, 0.717) is 0 Å². The van der Waals surface area contributed by atoms with Crippen LogP contribution in [0.4, 0.5) is 0 Å². The van der Waals surface area contributed by atoms with E-state index < -0.39 is 0 Å². The van der Waals surface area contributed by atoms with Crippen molar-refractivity contribution in [3.8, 4) is 0 Å². The predicted molar refractivity (Wildman–Crippen MR) is 65.4 cm³/mol. The smallest absolute Gasteiger partial charge is 0.0916 e. The van der Waals surface area contributed by atoms with Gasteiger partial charge in [-0.05, 0) is 12.5 Å². The fourth-order valence-electron chi connectivity index (χ4n) is 2.03. The van der Waals surface area contributed by atoms with Gasteiger partial charge in [-0.3, -0.25) is 4.90 Å². The van der Waals surface area contributed by atoms with Gasteiger partial charge < -0.3 is 10.4 Å². The first-order valence-electron chi connectivity index (χ1n) is 5.93. The van der Waals surface area contributed by atoms with Crippen molar-refractivity contribution in [3.05, 3.63) is 35.4 Å². The number of aliphatic hydroxyl groups excluding tert-OH is 1. The average molecular weight is 220 g/mol. The lowest BCUT2D eigenvalue weighted by molar-refractivity contribution is 0.105. The molecule has 3 heteroatoms. The first-order chi connectivity index (χ1) is 7.75. The van der Waals surface area contributed by atoms with Gasteiger partial charge in [0.1, 0.15) is 0 Å². The van der Waals surface area contributed by atoms with Gasteiger partial charge in [0.15, 0.2) is 0 Å². The van der Waals surface area contributed by atoms with E-state index in [1.807, 2.05) is 12.1 Å². The Labute approximate surface area is 97.1 Å². The summed E-state index contributed by atoms with van der Waals surface area (Å²) >= 11 is 0. The third kappa shape index (κ3) is 3.04. The second-order valence-electron chi connectivity index (χ2n) is 4.48. The molecule has 0 radical (unpaired) electrons. The first-order valence-corrected chi connectivity index (χ1v) is 5.93. The van der Waals surface area contributed by atoms with E-state index in [0.717, 1.165) is 38.3 Å². The summed E-state index contributed by atoms with van der Waals surface area (Å²) in [5.41, 5.74) is 2.25. The van der Waals surface area contributed by atoms with Crippen LogP contribution in [0.3, 0.4) is 0 Å². The molecule has 2 rings (SSSR count). The fourth-order valence-corrected chi connectivity index (χ4v) is 2.03. The maximum absolute atomic E-state index is 10.1. The Kier molecular flexibility index (Phi) is 3.93. The second kappa shape index (κ2) is 5.43. The number of hydrogen-bond acceptors (Lipinski definition) is 3. The molecular formula is C13H20N2O. The van der Waals surface area contributed by atoms with Crippen molar-refractivity contribution in [2.24, 2.45) is 0 Å². The molecule has 1 aliphatic heterocycles. The molecule has 2 N–H and O–H groups in total. The van der Waals surface area contributed by atoms with Crippen LogP contribution in [0.1, 0.15) is 17.2 Å². The standard InChI is InChI=1S/C13H20N2O/c1-11-2-4-12(5-3-11)13(16)10-15-8-6-14-7-9-15/h2-5,13-14,16H,6-10H2,1H3. The lowest BCUT2D eigenvalue weighted by Gasteiger charge is -2.29. The molecule has 3 nitrogen and oxygen atoms in total. The summed E-state index contributed by atoms with van der Waals surface area (Å²) in [6, 6.07) is 8.14. The van der Waals surface area contributed by atoms with Crippen LogP contribution in [0.15, 0.2) is 24.3 Å². The SMILES string of the molecule is Cc1ccc(C(O)CN2CCNCC2)cc1. The van der Waals surface area contributed by atoms with Crippen molar-refractivity contribution in [1.29, 1.82) is 0 Å². The maximum atomic E-state index is 10.1. The van der Waals surface area contributed by atoms with E-state index in [1.54, 1.807) is 0 Å². The maximum Gasteiger partial charge on any atom is 0.0916 e. The molecule has 1 aromatic carbocycles. The van der Waals surface area contributed by atoms with Gasteiger partial charge in [0, 0.05) is 32.7 Å². The highest BCUT2D eigenvalue weighted by Gasteiger charge is 2.15. The molecule has 1 unspecified atom stereocenters. The van der Waals surface area contributed by atoms with Gasteiger partial charge in [0.25, 0.3) is 0 Å². The number of β-amino-alcohol motifs (C(OH)–C–C–N with tert-alkyl or cyclic N) is 1. The Hall–Kier alpha value is -0.900. The summed E-state index contributed by atoms with van der Waals surface area (Å²) in [6.45, 7) is 6.92. The number of aliphatic hydroxyl groups is 1. The molecule has 88 valence electrons. The van der Waals surface area contributed by atoms with Gasteiger partial charge in [-0.1, -0.05) is 29.8 Å². The van der Waals surface area contributed by atoms with Crippen molar-refractivity contribution in [2.75, 3.05) is 32.7 Å². The zero-order chi connectivity index (χ0) is 11.4. The molecule has 1 aliphatic rings. The van der Waals surface area contributed by atoms with Crippen LogP contribution >= 0.6 is 0 Å². The lowest BCUT2D eigenvalue weighted by atomic mass is 10.1. The Morgan fingerprint density at radius 2 is 1.88 bits per heavy atom. The minimum Gasteiger partial charge on any atom is -0.387 e. The van der Waals surface area contributed by atoms with Crippen LogP contribution in [0.5, 0.6) is 0 Å². The summed E-state index contributed by atoms with van der Waals surface area (Å²) in [5.74, 6) is 0. The Morgan fingerprint density at radius 3 is 2.50 bits per heavy atom. The first kappa shape index (κ1) is 11.6. The molecule has 0 aromatic heterocycles. The minimum absolute atomic E-state index is 0.362. The van der Waals surface area contributed by atoms with E-state index in [1.165, 1.54) is 5.56 Å². The van der Waals surface area contributed by atoms with E-state index in [9.17, 15) is 5.11 Å². The predicted octanol–water partition coefficient (Wildman–Crippen LogP) is 0.934.